The molecule has 1 aliphatic heterocycles. The molecule has 4 rings (SSSR count). The van der Waals surface area contributed by atoms with Gasteiger partial charge in [-0.2, -0.15) is 0 Å². The van der Waals surface area contributed by atoms with Crippen molar-refractivity contribution >= 4 is 34.7 Å². The fourth-order valence-corrected chi connectivity index (χ4v) is 4.65. The summed E-state index contributed by atoms with van der Waals surface area (Å²) in [6.45, 7) is 8.08. The normalized spacial score (nSPS) is 16.8. The maximum absolute atomic E-state index is 13.5. The van der Waals surface area contributed by atoms with Gasteiger partial charge in [0.2, 0.25) is 0 Å². The van der Waals surface area contributed by atoms with E-state index in [9.17, 15) is 19.8 Å². The van der Waals surface area contributed by atoms with Gasteiger partial charge in [-0.25, -0.2) is 0 Å². The summed E-state index contributed by atoms with van der Waals surface area (Å²) in [5, 5.41) is 22.1. The number of ketones is 1. The van der Waals surface area contributed by atoms with Gasteiger partial charge in [-0.1, -0.05) is 23.7 Å². The monoisotopic (exact) mass is 521 g/mol. The molecule has 1 fully saturated rings. The van der Waals surface area contributed by atoms with Crippen molar-refractivity contribution in [1.82, 2.24) is 0 Å². The third-order valence-electron chi connectivity index (χ3n) is 6.22. The Morgan fingerprint density at radius 1 is 0.919 bits per heavy atom. The number of ether oxygens (including phenoxy) is 2. The van der Waals surface area contributed by atoms with Gasteiger partial charge in [-0.05, 0) is 86.8 Å². The summed E-state index contributed by atoms with van der Waals surface area (Å²) in [6, 6.07) is 13.7. The number of Topliss-reactive ketones (excluding diaryl/α,β-unsaturated/α-hetero) is 1. The molecule has 1 unspecified atom stereocenters. The first-order valence-corrected chi connectivity index (χ1v) is 12.3. The predicted octanol–water partition coefficient (Wildman–Crippen LogP) is 6.09. The number of aromatic hydroxyl groups is 1. The van der Waals surface area contributed by atoms with Gasteiger partial charge in [-0.15, -0.1) is 0 Å². The number of rotatable bonds is 7. The number of aliphatic hydroxyl groups excluding tert-OH is 1. The Morgan fingerprint density at radius 3 is 2.30 bits per heavy atom. The number of nitrogens with zero attached hydrogens (tertiary/aromatic N) is 1. The third kappa shape index (κ3) is 4.87. The molecule has 7 nitrogen and oxygen atoms in total. The highest BCUT2D eigenvalue weighted by Crippen LogP contribution is 2.45. The van der Waals surface area contributed by atoms with Crippen LogP contribution in [-0.4, -0.2) is 35.1 Å². The summed E-state index contributed by atoms with van der Waals surface area (Å²) < 4.78 is 11.1. The van der Waals surface area contributed by atoms with E-state index in [0.717, 1.165) is 11.1 Å². The molecule has 1 aliphatic rings. The molecule has 3 aromatic rings. The number of halogens is 1. The van der Waals surface area contributed by atoms with E-state index in [1.807, 2.05) is 13.8 Å². The van der Waals surface area contributed by atoms with Crippen LogP contribution in [0.2, 0.25) is 5.02 Å². The van der Waals surface area contributed by atoms with Crippen molar-refractivity contribution in [2.24, 2.45) is 0 Å². The number of phenols is 1. The van der Waals surface area contributed by atoms with Gasteiger partial charge in [0.05, 0.1) is 24.8 Å². The molecule has 0 aliphatic carbocycles. The average molecular weight is 522 g/mol. The Hall–Kier alpha value is -3.97. The first kappa shape index (κ1) is 26.1. The van der Waals surface area contributed by atoms with Gasteiger partial charge < -0.3 is 19.7 Å². The summed E-state index contributed by atoms with van der Waals surface area (Å²) >= 11 is 6.26. The summed E-state index contributed by atoms with van der Waals surface area (Å²) in [5.74, 6) is -1.17. The van der Waals surface area contributed by atoms with Gasteiger partial charge >= 0.3 is 0 Å². The largest absolute Gasteiger partial charge is 0.507 e. The van der Waals surface area contributed by atoms with E-state index in [4.69, 9.17) is 21.1 Å². The van der Waals surface area contributed by atoms with E-state index in [1.165, 1.54) is 11.0 Å². The number of aryl methyl sites for hydroxylation is 2. The Kier molecular flexibility index (Phi) is 7.45. The van der Waals surface area contributed by atoms with E-state index >= 15 is 0 Å². The summed E-state index contributed by atoms with van der Waals surface area (Å²) in [6.07, 6.45) is 0. The van der Waals surface area contributed by atoms with Crippen molar-refractivity contribution < 1.29 is 29.3 Å². The fraction of sp³-hybridized carbons (Fsp3) is 0.241. The second kappa shape index (κ2) is 10.6. The highest BCUT2D eigenvalue weighted by Gasteiger charge is 2.47. The minimum absolute atomic E-state index is 0.0800. The van der Waals surface area contributed by atoms with Crippen LogP contribution < -0.4 is 14.4 Å². The number of amides is 1. The zero-order chi connectivity index (χ0) is 26.9. The summed E-state index contributed by atoms with van der Waals surface area (Å²) in [5.41, 5.74) is 2.69. The standard InChI is InChI=1S/C29H28ClNO6/c1-5-36-23-12-9-19(13-17(23)4)27(33)25-26(18-8-11-22(32)24(14-18)37-6-2)31(29(35)28(25)34)21-15-20(30)10-7-16(21)3/h7-15,26,32-33H,5-6H2,1-4H3/b27-25+. The number of phenolic OH excluding ortho intramolecular Hbond substituents is 1. The lowest BCUT2D eigenvalue weighted by molar-refractivity contribution is -0.132. The quantitative estimate of drug-likeness (QED) is 0.222. The van der Waals surface area contributed by atoms with Crippen LogP contribution >= 0.6 is 11.6 Å². The number of carbonyl (C=O) groups is 2. The molecule has 8 heteroatoms. The minimum atomic E-state index is -0.996. The molecule has 1 amide bonds. The lowest BCUT2D eigenvalue weighted by atomic mass is 9.94. The molecule has 0 spiro atoms. The van der Waals surface area contributed by atoms with Gasteiger partial charge in [0.1, 0.15) is 11.5 Å². The van der Waals surface area contributed by atoms with Crippen molar-refractivity contribution in [3.63, 3.8) is 0 Å². The SMILES string of the molecule is CCOc1ccc(/C(O)=C2\C(=O)C(=O)N(c3cc(Cl)ccc3C)C2c2ccc(O)c(OCC)c2)cc1C. The van der Waals surface area contributed by atoms with Gasteiger partial charge in [-0.3, -0.25) is 14.5 Å². The second-order valence-corrected chi connectivity index (χ2v) is 9.11. The fourth-order valence-electron chi connectivity index (χ4n) is 4.48. The minimum Gasteiger partial charge on any atom is -0.507 e. The van der Waals surface area contributed by atoms with Crippen molar-refractivity contribution in [3.8, 4) is 17.2 Å². The number of anilines is 1. The molecule has 1 heterocycles. The Balaban J connectivity index is 1.97. The highest BCUT2D eigenvalue weighted by molar-refractivity contribution is 6.52. The number of hydrogen-bond donors (Lipinski definition) is 2. The van der Waals surface area contributed by atoms with E-state index in [1.54, 1.807) is 62.4 Å². The number of carbonyl (C=O) groups excluding carboxylic acids is 2. The van der Waals surface area contributed by atoms with Gasteiger partial charge in [0.15, 0.2) is 11.5 Å². The van der Waals surface area contributed by atoms with Crippen LogP contribution in [0.15, 0.2) is 60.2 Å². The number of benzene rings is 3. The molecule has 3 aromatic carbocycles. The summed E-state index contributed by atoms with van der Waals surface area (Å²) in [7, 11) is 0. The number of hydrogen-bond acceptors (Lipinski definition) is 6. The summed E-state index contributed by atoms with van der Waals surface area (Å²) in [4.78, 5) is 28.3. The maximum Gasteiger partial charge on any atom is 0.300 e. The lowest BCUT2D eigenvalue weighted by Gasteiger charge is -2.27. The molecular formula is C29H28ClNO6. The van der Waals surface area contributed by atoms with E-state index in [2.05, 4.69) is 0 Å². The topological polar surface area (TPSA) is 96.3 Å². The molecule has 0 aromatic heterocycles. The lowest BCUT2D eigenvalue weighted by Crippen LogP contribution is -2.30. The first-order valence-electron chi connectivity index (χ1n) is 11.9. The first-order chi connectivity index (χ1) is 17.7. The number of aliphatic hydroxyl groups is 1. The molecule has 2 N–H and O–H groups in total. The second-order valence-electron chi connectivity index (χ2n) is 8.67. The van der Waals surface area contributed by atoms with Crippen LogP contribution in [0.1, 0.15) is 42.1 Å². The average Bonchev–Trinajstić information content (AvgIpc) is 3.13. The smallest absolute Gasteiger partial charge is 0.300 e. The Bertz CT molecular complexity index is 1410. The molecule has 37 heavy (non-hydrogen) atoms. The molecule has 0 bridgehead atoms. The van der Waals surface area contributed by atoms with Crippen LogP contribution in [-0.2, 0) is 9.59 Å². The van der Waals surface area contributed by atoms with Crippen LogP contribution in [0.25, 0.3) is 5.76 Å². The van der Waals surface area contributed by atoms with E-state index < -0.39 is 17.7 Å². The van der Waals surface area contributed by atoms with Crippen molar-refractivity contribution in [2.75, 3.05) is 18.1 Å². The van der Waals surface area contributed by atoms with Gasteiger partial charge in [0.25, 0.3) is 11.7 Å². The molecule has 192 valence electrons. The third-order valence-corrected chi connectivity index (χ3v) is 6.46. The van der Waals surface area contributed by atoms with Crippen LogP contribution in [0, 0.1) is 13.8 Å². The van der Waals surface area contributed by atoms with Crippen molar-refractivity contribution in [1.29, 1.82) is 0 Å². The molecule has 0 saturated carbocycles. The molecule has 1 atom stereocenters. The molecule has 1 saturated heterocycles. The zero-order valence-corrected chi connectivity index (χ0v) is 21.8. The van der Waals surface area contributed by atoms with Crippen molar-refractivity contribution in [2.45, 2.75) is 33.7 Å². The zero-order valence-electron chi connectivity index (χ0n) is 21.0. The van der Waals surface area contributed by atoms with E-state index in [0.29, 0.717) is 40.8 Å². The van der Waals surface area contributed by atoms with Crippen LogP contribution in [0.3, 0.4) is 0 Å². The maximum atomic E-state index is 13.5. The molecule has 0 radical (unpaired) electrons. The Morgan fingerprint density at radius 2 is 1.62 bits per heavy atom. The van der Waals surface area contributed by atoms with Crippen molar-refractivity contribution in [3.05, 3.63) is 87.4 Å². The Labute approximate surface area is 220 Å². The van der Waals surface area contributed by atoms with Crippen LogP contribution in [0.4, 0.5) is 5.69 Å². The van der Waals surface area contributed by atoms with E-state index in [-0.39, 0.29) is 22.8 Å². The predicted molar refractivity (Wildman–Crippen MR) is 143 cm³/mol. The van der Waals surface area contributed by atoms with Crippen LogP contribution in [0.5, 0.6) is 17.2 Å². The van der Waals surface area contributed by atoms with Gasteiger partial charge in [0, 0.05) is 16.3 Å². The molecular weight excluding hydrogens is 494 g/mol. The highest BCUT2D eigenvalue weighted by atomic mass is 35.5.